The van der Waals surface area contributed by atoms with Crippen LogP contribution in [0.3, 0.4) is 0 Å². The molecule has 0 saturated carbocycles. The van der Waals surface area contributed by atoms with E-state index in [1.807, 2.05) is 70.2 Å². The summed E-state index contributed by atoms with van der Waals surface area (Å²) in [5, 5.41) is 14.6. The molecule has 2 atom stereocenters. The second-order valence-electron chi connectivity index (χ2n) is 10.8. The van der Waals surface area contributed by atoms with Crippen LogP contribution in [-0.4, -0.2) is 34.6 Å². The third-order valence-electron chi connectivity index (χ3n) is 6.74. The second kappa shape index (κ2) is 11.0. The summed E-state index contributed by atoms with van der Waals surface area (Å²) in [6, 6.07) is 25.6. The first-order chi connectivity index (χ1) is 17.7. The van der Waals surface area contributed by atoms with E-state index in [0.717, 1.165) is 34.2 Å². The predicted octanol–water partition coefficient (Wildman–Crippen LogP) is 5.77. The molecule has 0 heterocycles. The van der Waals surface area contributed by atoms with E-state index in [9.17, 15) is 14.7 Å². The van der Waals surface area contributed by atoms with Crippen LogP contribution in [0.2, 0.25) is 0 Å². The lowest BCUT2D eigenvalue weighted by Crippen LogP contribution is -2.54. The number of carbonyl (C=O) groups is 2. The van der Waals surface area contributed by atoms with Crippen LogP contribution >= 0.6 is 0 Å². The van der Waals surface area contributed by atoms with Crippen molar-refractivity contribution >= 4 is 11.8 Å². The van der Waals surface area contributed by atoms with Crippen molar-refractivity contribution in [3.8, 4) is 11.1 Å². The van der Waals surface area contributed by atoms with E-state index in [2.05, 4.69) is 41.7 Å². The molecule has 0 radical (unpaired) electrons. The van der Waals surface area contributed by atoms with Gasteiger partial charge >= 0.3 is 5.97 Å². The molecular formula is C32H37NO4. The van der Waals surface area contributed by atoms with Crippen LogP contribution in [0.5, 0.6) is 0 Å². The summed E-state index contributed by atoms with van der Waals surface area (Å²) in [7, 11) is 0. The maximum atomic E-state index is 13.6. The van der Waals surface area contributed by atoms with Crippen molar-refractivity contribution < 1.29 is 19.4 Å². The van der Waals surface area contributed by atoms with Crippen LogP contribution in [0, 0.1) is 0 Å². The van der Waals surface area contributed by atoms with E-state index in [1.165, 1.54) is 0 Å². The van der Waals surface area contributed by atoms with Gasteiger partial charge in [0, 0.05) is 12.8 Å². The SMILES string of the molecule is CCCC(=O)C[C@H](O)C[C@H](NC1(c2ccccc2)c2ccccc2-c2ccccc21)C(=O)OC(C)(C)C. The van der Waals surface area contributed by atoms with Gasteiger partial charge in [-0.15, -0.1) is 0 Å². The number of aliphatic hydroxyl groups excluding tert-OH is 1. The van der Waals surface area contributed by atoms with E-state index >= 15 is 0 Å². The molecule has 4 rings (SSSR count). The fourth-order valence-electron chi connectivity index (χ4n) is 5.32. The molecule has 0 aliphatic heterocycles. The topological polar surface area (TPSA) is 75.6 Å². The number of ether oxygens (including phenoxy) is 1. The van der Waals surface area contributed by atoms with Gasteiger partial charge in [0.2, 0.25) is 0 Å². The molecule has 5 heteroatoms. The third kappa shape index (κ3) is 5.68. The van der Waals surface area contributed by atoms with Crippen LogP contribution in [0.1, 0.15) is 70.1 Å². The number of benzene rings is 3. The molecule has 37 heavy (non-hydrogen) atoms. The number of Topliss-reactive ketones (excluding diaryl/α,β-unsaturated/α-hetero) is 1. The second-order valence-corrected chi connectivity index (χ2v) is 10.8. The van der Waals surface area contributed by atoms with Crippen molar-refractivity contribution in [1.82, 2.24) is 5.32 Å². The van der Waals surface area contributed by atoms with Crippen molar-refractivity contribution in [2.45, 2.75) is 76.7 Å². The van der Waals surface area contributed by atoms with Gasteiger partial charge in [0.25, 0.3) is 0 Å². The van der Waals surface area contributed by atoms with Crippen molar-refractivity contribution in [3.05, 3.63) is 95.6 Å². The summed E-state index contributed by atoms with van der Waals surface area (Å²) in [5.41, 5.74) is 3.69. The molecule has 0 unspecified atom stereocenters. The third-order valence-corrected chi connectivity index (χ3v) is 6.74. The molecule has 0 aromatic heterocycles. The Kier molecular flexibility index (Phi) is 7.96. The summed E-state index contributed by atoms with van der Waals surface area (Å²) in [6.45, 7) is 7.43. The summed E-state index contributed by atoms with van der Waals surface area (Å²) >= 11 is 0. The maximum Gasteiger partial charge on any atom is 0.323 e. The molecule has 0 bridgehead atoms. The Morgan fingerprint density at radius 1 is 0.892 bits per heavy atom. The predicted molar refractivity (Wildman–Crippen MR) is 146 cm³/mol. The highest BCUT2D eigenvalue weighted by Crippen LogP contribution is 2.51. The van der Waals surface area contributed by atoms with Crippen LogP contribution in [-0.2, 0) is 19.9 Å². The largest absolute Gasteiger partial charge is 0.459 e. The summed E-state index contributed by atoms with van der Waals surface area (Å²) in [6.07, 6.45) is 0.243. The molecule has 3 aromatic carbocycles. The first-order valence-corrected chi connectivity index (χ1v) is 13.1. The number of carbonyl (C=O) groups excluding carboxylic acids is 2. The molecule has 0 amide bonds. The lowest BCUT2D eigenvalue weighted by atomic mass is 9.79. The van der Waals surface area contributed by atoms with Crippen molar-refractivity contribution in [3.63, 3.8) is 0 Å². The van der Waals surface area contributed by atoms with E-state index in [-0.39, 0.29) is 18.6 Å². The number of ketones is 1. The van der Waals surface area contributed by atoms with Gasteiger partial charge in [-0.3, -0.25) is 14.9 Å². The Bertz CT molecular complexity index is 1200. The highest BCUT2D eigenvalue weighted by Gasteiger charge is 2.47. The number of fused-ring (bicyclic) bond motifs is 3. The zero-order valence-corrected chi connectivity index (χ0v) is 22.2. The monoisotopic (exact) mass is 499 g/mol. The summed E-state index contributed by atoms with van der Waals surface area (Å²) < 4.78 is 5.82. The van der Waals surface area contributed by atoms with Crippen molar-refractivity contribution in [2.24, 2.45) is 0 Å². The first kappa shape index (κ1) is 26.8. The molecule has 2 N–H and O–H groups in total. The number of esters is 1. The quantitative estimate of drug-likeness (QED) is 0.347. The Balaban J connectivity index is 1.83. The fraction of sp³-hybridized carbons (Fsp3) is 0.375. The van der Waals surface area contributed by atoms with Gasteiger partial charge in [0.05, 0.1) is 11.6 Å². The van der Waals surface area contributed by atoms with Gasteiger partial charge in [-0.25, -0.2) is 0 Å². The van der Waals surface area contributed by atoms with Gasteiger partial charge in [0.1, 0.15) is 17.4 Å². The lowest BCUT2D eigenvalue weighted by Gasteiger charge is -2.38. The zero-order chi connectivity index (χ0) is 26.6. The molecule has 5 nitrogen and oxygen atoms in total. The fourth-order valence-corrected chi connectivity index (χ4v) is 5.32. The van der Waals surface area contributed by atoms with Gasteiger partial charge < -0.3 is 9.84 Å². The summed E-state index contributed by atoms with van der Waals surface area (Å²) in [4.78, 5) is 25.9. The molecule has 1 aliphatic carbocycles. The van der Waals surface area contributed by atoms with Gasteiger partial charge in [-0.1, -0.05) is 85.8 Å². The minimum atomic E-state index is -0.969. The van der Waals surface area contributed by atoms with E-state index in [4.69, 9.17) is 4.74 Å². The molecular weight excluding hydrogens is 462 g/mol. The number of rotatable bonds is 10. The lowest BCUT2D eigenvalue weighted by molar-refractivity contribution is -0.159. The first-order valence-electron chi connectivity index (χ1n) is 13.1. The Hall–Kier alpha value is -3.28. The van der Waals surface area contributed by atoms with E-state index < -0.39 is 29.3 Å². The minimum absolute atomic E-state index is 0.00716. The van der Waals surface area contributed by atoms with Gasteiger partial charge in [-0.2, -0.15) is 0 Å². The molecule has 0 spiro atoms. The molecule has 3 aromatic rings. The van der Waals surface area contributed by atoms with Crippen LogP contribution in [0.4, 0.5) is 0 Å². The minimum Gasteiger partial charge on any atom is -0.459 e. The zero-order valence-electron chi connectivity index (χ0n) is 22.2. The average molecular weight is 500 g/mol. The molecule has 0 fully saturated rings. The molecule has 1 aliphatic rings. The van der Waals surface area contributed by atoms with E-state index in [1.54, 1.807) is 0 Å². The number of aliphatic hydroxyl groups is 1. The molecule has 194 valence electrons. The van der Waals surface area contributed by atoms with Crippen LogP contribution < -0.4 is 5.32 Å². The maximum absolute atomic E-state index is 13.6. The van der Waals surface area contributed by atoms with E-state index in [0.29, 0.717) is 6.42 Å². The Morgan fingerprint density at radius 3 is 1.97 bits per heavy atom. The number of nitrogens with one attached hydrogen (secondary N) is 1. The van der Waals surface area contributed by atoms with Gasteiger partial charge in [-0.05, 0) is 61.4 Å². The molecule has 0 saturated heterocycles. The smallest absolute Gasteiger partial charge is 0.323 e. The van der Waals surface area contributed by atoms with Crippen LogP contribution in [0.15, 0.2) is 78.9 Å². The standard InChI is InChI=1S/C32H37NO4/c1-5-13-23(34)20-24(35)21-29(30(36)37-31(2,3)4)33-32(22-14-7-6-8-15-22)27-18-11-9-16-25(27)26-17-10-12-19-28(26)32/h6-12,14-19,24,29,33,35H,5,13,20-21H2,1-4H3/t24-,29-/m0/s1. The highest BCUT2D eigenvalue weighted by molar-refractivity contribution is 5.84. The average Bonchev–Trinajstić information content (AvgIpc) is 3.14. The number of hydrogen-bond donors (Lipinski definition) is 2. The van der Waals surface area contributed by atoms with Crippen LogP contribution in [0.25, 0.3) is 11.1 Å². The van der Waals surface area contributed by atoms with Gasteiger partial charge in [0.15, 0.2) is 0 Å². The Labute approximate surface area is 219 Å². The van der Waals surface area contributed by atoms with Crippen molar-refractivity contribution in [1.29, 1.82) is 0 Å². The highest BCUT2D eigenvalue weighted by atomic mass is 16.6. The summed E-state index contributed by atoms with van der Waals surface area (Å²) in [5.74, 6) is -0.459. The number of hydrogen-bond acceptors (Lipinski definition) is 5. The normalized spacial score (nSPS) is 15.4. The Morgan fingerprint density at radius 2 is 1.43 bits per heavy atom. The van der Waals surface area contributed by atoms with Crippen molar-refractivity contribution in [2.75, 3.05) is 0 Å².